The van der Waals surface area contributed by atoms with Crippen molar-refractivity contribution in [2.75, 3.05) is 18.0 Å². The summed E-state index contributed by atoms with van der Waals surface area (Å²) >= 11 is 3.77. The van der Waals surface area contributed by atoms with Crippen LogP contribution in [0, 0.1) is 5.92 Å². The maximum Gasteiger partial charge on any atom is 0.135 e. The van der Waals surface area contributed by atoms with Crippen molar-refractivity contribution >= 4 is 21.7 Å². The first kappa shape index (κ1) is 12.4. The van der Waals surface area contributed by atoms with Crippen molar-refractivity contribution in [2.45, 2.75) is 43.9 Å². The molecule has 98 valence electrons. The molecule has 4 heteroatoms. The third kappa shape index (κ3) is 2.27. The van der Waals surface area contributed by atoms with E-state index in [1.807, 2.05) is 0 Å². The van der Waals surface area contributed by atoms with E-state index in [0.717, 1.165) is 25.9 Å². The Balaban J connectivity index is 1.88. The minimum absolute atomic E-state index is 0.659. The van der Waals surface area contributed by atoms with E-state index in [2.05, 4.69) is 37.7 Å². The van der Waals surface area contributed by atoms with Crippen LogP contribution in [0.25, 0.3) is 0 Å². The topological polar surface area (TPSA) is 29.0 Å². The number of halogens is 1. The first-order chi connectivity index (χ1) is 8.75. The van der Waals surface area contributed by atoms with Gasteiger partial charge in [0.1, 0.15) is 12.1 Å². The molecule has 2 heterocycles. The summed E-state index contributed by atoms with van der Waals surface area (Å²) in [5.41, 5.74) is 2.71. The van der Waals surface area contributed by atoms with Crippen LogP contribution in [0.2, 0.25) is 0 Å². The fourth-order valence-electron chi connectivity index (χ4n) is 3.09. The van der Waals surface area contributed by atoms with Gasteiger partial charge in [-0.15, -0.1) is 0 Å². The van der Waals surface area contributed by atoms with Crippen LogP contribution in [0.15, 0.2) is 6.33 Å². The summed E-state index contributed by atoms with van der Waals surface area (Å²) in [6.07, 6.45) is 7.83. The number of hydrogen-bond donors (Lipinski definition) is 0. The van der Waals surface area contributed by atoms with Gasteiger partial charge in [0.05, 0.1) is 0 Å². The highest BCUT2D eigenvalue weighted by Crippen LogP contribution is 2.31. The Bertz CT molecular complexity index is 435. The van der Waals surface area contributed by atoms with E-state index in [4.69, 9.17) is 0 Å². The van der Waals surface area contributed by atoms with Crippen molar-refractivity contribution in [3.63, 3.8) is 0 Å². The Morgan fingerprint density at radius 2 is 2.11 bits per heavy atom. The molecular formula is C14H20BrN3. The number of piperidine rings is 1. The zero-order chi connectivity index (χ0) is 12.5. The molecule has 3 nitrogen and oxygen atoms in total. The van der Waals surface area contributed by atoms with Crippen molar-refractivity contribution in [3.8, 4) is 0 Å². The third-order valence-electron chi connectivity index (χ3n) is 4.20. The predicted octanol–water partition coefficient (Wildman–Crippen LogP) is 2.97. The van der Waals surface area contributed by atoms with Crippen LogP contribution in [0.1, 0.15) is 37.4 Å². The molecule has 0 amide bonds. The lowest BCUT2D eigenvalue weighted by Gasteiger charge is -2.36. The largest absolute Gasteiger partial charge is 0.356 e. The van der Waals surface area contributed by atoms with Gasteiger partial charge in [-0.1, -0.05) is 22.9 Å². The lowest BCUT2D eigenvalue weighted by molar-refractivity contribution is 0.461. The van der Waals surface area contributed by atoms with Crippen molar-refractivity contribution < 1.29 is 0 Å². The van der Waals surface area contributed by atoms with E-state index in [1.165, 1.54) is 36.3 Å². The van der Waals surface area contributed by atoms with Gasteiger partial charge in [-0.25, -0.2) is 9.97 Å². The van der Waals surface area contributed by atoms with Gasteiger partial charge in [0, 0.05) is 29.2 Å². The lowest BCUT2D eigenvalue weighted by Crippen LogP contribution is -2.41. The van der Waals surface area contributed by atoms with Crippen LogP contribution in [0.5, 0.6) is 0 Å². The number of nitrogens with zero attached hydrogens (tertiary/aromatic N) is 3. The minimum Gasteiger partial charge on any atom is -0.356 e. The number of rotatable bonds is 1. The second-order valence-corrected chi connectivity index (χ2v) is 6.73. The molecule has 0 spiro atoms. The molecule has 1 saturated heterocycles. The summed E-state index contributed by atoms with van der Waals surface area (Å²) in [6.45, 7) is 4.54. The molecule has 2 unspecified atom stereocenters. The average Bonchev–Trinajstić information content (AvgIpc) is 2.41. The first-order valence-electron chi connectivity index (χ1n) is 6.97. The molecule has 0 bridgehead atoms. The van der Waals surface area contributed by atoms with Gasteiger partial charge in [-0.2, -0.15) is 0 Å². The molecule has 1 aromatic rings. The van der Waals surface area contributed by atoms with Crippen molar-refractivity contribution in [1.29, 1.82) is 0 Å². The molecule has 0 radical (unpaired) electrons. The molecule has 1 fully saturated rings. The minimum atomic E-state index is 0.659. The number of alkyl halides is 1. The SMILES string of the molecule is CC1CN(c2ncnc3c2CCCC3)CCC1Br. The molecule has 1 aliphatic heterocycles. The quantitative estimate of drug-likeness (QED) is 0.747. The van der Waals surface area contributed by atoms with E-state index >= 15 is 0 Å². The highest BCUT2D eigenvalue weighted by atomic mass is 79.9. The summed E-state index contributed by atoms with van der Waals surface area (Å²) in [7, 11) is 0. The zero-order valence-corrected chi connectivity index (χ0v) is 12.5. The standard InChI is InChI=1S/C14H20BrN3/c1-10-8-18(7-6-12(10)15)14-11-4-2-3-5-13(11)16-9-17-14/h9-10,12H,2-8H2,1H3. The highest BCUT2D eigenvalue weighted by Gasteiger charge is 2.27. The molecule has 1 aromatic heterocycles. The van der Waals surface area contributed by atoms with Crippen LogP contribution in [-0.4, -0.2) is 27.9 Å². The zero-order valence-electron chi connectivity index (χ0n) is 10.9. The fraction of sp³-hybridized carbons (Fsp3) is 0.714. The normalized spacial score (nSPS) is 28.0. The van der Waals surface area contributed by atoms with Gasteiger partial charge < -0.3 is 4.90 Å². The van der Waals surface area contributed by atoms with Crippen LogP contribution >= 0.6 is 15.9 Å². The number of hydrogen-bond acceptors (Lipinski definition) is 3. The molecule has 2 atom stereocenters. The first-order valence-corrected chi connectivity index (χ1v) is 7.89. The smallest absolute Gasteiger partial charge is 0.135 e. The summed E-state index contributed by atoms with van der Waals surface area (Å²) < 4.78 is 0. The van der Waals surface area contributed by atoms with E-state index in [1.54, 1.807) is 6.33 Å². The fourth-order valence-corrected chi connectivity index (χ4v) is 3.46. The molecule has 1 aliphatic carbocycles. The van der Waals surface area contributed by atoms with E-state index in [9.17, 15) is 0 Å². The number of aromatic nitrogens is 2. The Morgan fingerprint density at radius 3 is 2.94 bits per heavy atom. The number of anilines is 1. The van der Waals surface area contributed by atoms with Gasteiger partial charge in [0.2, 0.25) is 0 Å². The van der Waals surface area contributed by atoms with E-state index in [-0.39, 0.29) is 0 Å². The van der Waals surface area contributed by atoms with Gasteiger partial charge in [0.15, 0.2) is 0 Å². The third-order valence-corrected chi connectivity index (χ3v) is 5.56. The van der Waals surface area contributed by atoms with Crippen LogP contribution in [-0.2, 0) is 12.8 Å². The summed E-state index contributed by atoms with van der Waals surface area (Å²) in [4.78, 5) is 12.2. The maximum absolute atomic E-state index is 4.57. The lowest BCUT2D eigenvalue weighted by atomic mass is 9.94. The Kier molecular flexibility index (Phi) is 3.55. The average molecular weight is 310 g/mol. The highest BCUT2D eigenvalue weighted by molar-refractivity contribution is 9.09. The Hall–Kier alpha value is -0.640. The second-order valence-electron chi connectivity index (χ2n) is 5.56. The van der Waals surface area contributed by atoms with Crippen LogP contribution in [0.3, 0.4) is 0 Å². The number of aryl methyl sites for hydroxylation is 1. The molecule has 0 N–H and O–H groups in total. The molecular weight excluding hydrogens is 290 g/mol. The second kappa shape index (κ2) is 5.16. The summed E-state index contributed by atoms with van der Waals surface area (Å²) in [5, 5.41) is 0. The molecule has 2 aliphatic rings. The molecule has 0 aromatic carbocycles. The predicted molar refractivity (Wildman–Crippen MR) is 77.4 cm³/mol. The van der Waals surface area contributed by atoms with Crippen molar-refractivity contribution in [1.82, 2.24) is 9.97 Å². The monoisotopic (exact) mass is 309 g/mol. The van der Waals surface area contributed by atoms with Gasteiger partial charge in [-0.3, -0.25) is 0 Å². The molecule has 0 saturated carbocycles. The summed E-state index contributed by atoms with van der Waals surface area (Å²) in [6, 6.07) is 0. The van der Waals surface area contributed by atoms with Gasteiger partial charge in [0.25, 0.3) is 0 Å². The molecule has 3 rings (SSSR count). The van der Waals surface area contributed by atoms with Gasteiger partial charge in [-0.05, 0) is 38.0 Å². The molecule has 18 heavy (non-hydrogen) atoms. The Labute approximate surface area is 117 Å². The number of fused-ring (bicyclic) bond motifs is 1. The van der Waals surface area contributed by atoms with E-state index < -0.39 is 0 Å². The van der Waals surface area contributed by atoms with Crippen LogP contribution < -0.4 is 4.90 Å². The van der Waals surface area contributed by atoms with Crippen LogP contribution in [0.4, 0.5) is 5.82 Å². The Morgan fingerprint density at radius 1 is 1.28 bits per heavy atom. The van der Waals surface area contributed by atoms with Crippen molar-refractivity contribution in [2.24, 2.45) is 5.92 Å². The summed E-state index contributed by atoms with van der Waals surface area (Å²) in [5.74, 6) is 1.90. The maximum atomic E-state index is 4.57. The van der Waals surface area contributed by atoms with E-state index in [0.29, 0.717) is 10.7 Å². The van der Waals surface area contributed by atoms with Gasteiger partial charge >= 0.3 is 0 Å². The van der Waals surface area contributed by atoms with Crippen molar-refractivity contribution in [3.05, 3.63) is 17.6 Å².